The third-order valence-corrected chi connectivity index (χ3v) is 4.76. The van der Waals surface area contributed by atoms with E-state index in [0.717, 1.165) is 29.9 Å². The van der Waals surface area contributed by atoms with E-state index >= 15 is 0 Å². The van der Waals surface area contributed by atoms with Crippen LogP contribution in [0.3, 0.4) is 0 Å². The highest BCUT2D eigenvalue weighted by Gasteiger charge is 2.29. The molecule has 0 radical (unpaired) electrons. The molecule has 3 rings (SSSR count). The van der Waals surface area contributed by atoms with Crippen molar-refractivity contribution in [2.24, 2.45) is 5.92 Å². The Hall–Kier alpha value is -1.39. The van der Waals surface area contributed by atoms with Gasteiger partial charge in [-0.05, 0) is 46.5 Å². The summed E-state index contributed by atoms with van der Waals surface area (Å²) in [6, 6.07) is 12.5. The Bertz CT molecular complexity index is 603. The lowest BCUT2D eigenvalue weighted by molar-refractivity contribution is 0.0933. The highest BCUT2D eigenvalue weighted by atomic mass is 79.9. The number of nitrogens with one attached hydrogen (secondary N) is 1. The average molecular weight is 347 g/mol. The Morgan fingerprint density at radius 1 is 1.33 bits per heavy atom. The van der Waals surface area contributed by atoms with E-state index in [1.54, 1.807) is 0 Å². The van der Waals surface area contributed by atoms with Crippen molar-refractivity contribution in [1.82, 2.24) is 4.98 Å². The molecule has 1 aromatic heterocycles. The molecule has 2 atom stereocenters. The molecule has 110 valence electrons. The minimum Gasteiger partial charge on any atom is -0.373 e. The van der Waals surface area contributed by atoms with E-state index < -0.39 is 0 Å². The van der Waals surface area contributed by atoms with E-state index in [-0.39, 0.29) is 6.10 Å². The number of nitrogens with zero attached hydrogens (tertiary/aromatic N) is 1. The first-order valence-corrected chi connectivity index (χ1v) is 8.06. The summed E-state index contributed by atoms with van der Waals surface area (Å²) in [5.74, 6) is 1.41. The highest BCUT2D eigenvalue weighted by Crippen LogP contribution is 2.34. The van der Waals surface area contributed by atoms with Gasteiger partial charge in [-0.15, -0.1) is 0 Å². The van der Waals surface area contributed by atoms with Crippen LogP contribution >= 0.6 is 15.9 Å². The molecule has 2 unspecified atom stereocenters. The van der Waals surface area contributed by atoms with Gasteiger partial charge in [0.15, 0.2) is 0 Å². The van der Waals surface area contributed by atoms with Gasteiger partial charge in [-0.3, -0.25) is 0 Å². The minimum atomic E-state index is 0.190. The fourth-order valence-electron chi connectivity index (χ4n) is 2.73. The summed E-state index contributed by atoms with van der Waals surface area (Å²) in [5.41, 5.74) is 2.46. The van der Waals surface area contributed by atoms with E-state index in [2.05, 4.69) is 63.5 Å². The van der Waals surface area contributed by atoms with Gasteiger partial charge in [-0.1, -0.05) is 30.3 Å². The molecule has 1 aromatic carbocycles. The summed E-state index contributed by atoms with van der Waals surface area (Å²) >= 11 is 3.48. The predicted octanol–water partition coefficient (Wildman–Crippen LogP) is 4.34. The number of ether oxygens (including phenoxy) is 1. The van der Waals surface area contributed by atoms with Crippen LogP contribution < -0.4 is 5.32 Å². The van der Waals surface area contributed by atoms with Gasteiger partial charge >= 0.3 is 0 Å². The smallest absolute Gasteiger partial charge is 0.126 e. The van der Waals surface area contributed by atoms with Crippen LogP contribution in [0.5, 0.6) is 0 Å². The van der Waals surface area contributed by atoms with Crippen molar-refractivity contribution in [2.75, 3.05) is 18.5 Å². The Morgan fingerprint density at radius 3 is 2.90 bits per heavy atom. The largest absolute Gasteiger partial charge is 0.373 e. The fraction of sp³-hybridized carbons (Fsp3) is 0.353. The summed E-state index contributed by atoms with van der Waals surface area (Å²) in [5, 5.41) is 3.44. The number of anilines is 1. The van der Waals surface area contributed by atoms with Crippen molar-refractivity contribution in [2.45, 2.75) is 19.4 Å². The van der Waals surface area contributed by atoms with Crippen molar-refractivity contribution in [3.05, 3.63) is 58.2 Å². The van der Waals surface area contributed by atoms with Gasteiger partial charge in [0.2, 0.25) is 0 Å². The molecule has 1 saturated heterocycles. The topological polar surface area (TPSA) is 34.1 Å². The maximum Gasteiger partial charge on any atom is 0.126 e. The molecule has 3 nitrogen and oxygen atoms in total. The van der Waals surface area contributed by atoms with Crippen LogP contribution in [-0.4, -0.2) is 18.1 Å². The van der Waals surface area contributed by atoms with Crippen molar-refractivity contribution in [3.63, 3.8) is 0 Å². The molecule has 0 spiro atoms. The molecule has 4 heteroatoms. The Labute approximate surface area is 133 Å². The summed E-state index contributed by atoms with van der Waals surface area (Å²) in [7, 11) is 0. The second-order valence-corrected chi connectivity index (χ2v) is 6.30. The van der Waals surface area contributed by atoms with Crippen LogP contribution in [0.2, 0.25) is 0 Å². The zero-order valence-electron chi connectivity index (χ0n) is 12.1. The number of benzene rings is 1. The Kier molecular flexibility index (Phi) is 4.56. The predicted molar refractivity (Wildman–Crippen MR) is 88.4 cm³/mol. The highest BCUT2D eigenvalue weighted by molar-refractivity contribution is 9.10. The molecular formula is C17H19BrN2O. The average Bonchev–Trinajstić information content (AvgIpc) is 2.98. The lowest BCUT2D eigenvalue weighted by Crippen LogP contribution is -2.18. The Morgan fingerprint density at radius 2 is 2.14 bits per heavy atom. The van der Waals surface area contributed by atoms with E-state index in [0.29, 0.717) is 5.92 Å². The molecule has 0 bridgehead atoms. The van der Waals surface area contributed by atoms with Crippen molar-refractivity contribution in [1.29, 1.82) is 0 Å². The maximum absolute atomic E-state index is 5.91. The molecule has 0 saturated carbocycles. The second kappa shape index (κ2) is 6.58. The van der Waals surface area contributed by atoms with Crippen molar-refractivity contribution < 1.29 is 4.74 Å². The van der Waals surface area contributed by atoms with Gasteiger partial charge in [0.1, 0.15) is 5.82 Å². The lowest BCUT2D eigenvalue weighted by atomic mass is 9.95. The lowest BCUT2D eigenvalue weighted by Gasteiger charge is -2.19. The summed E-state index contributed by atoms with van der Waals surface area (Å²) < 4.78 is 6.96. The molecule has 2 aromatic rings. The molecule has 21 heavy (non-hydrogen) atoms. The molecule has 0 amide bonds. The molecule has 1 aliphatic rings. The normalized spacial score (nSPS) is 21.4. The van der Waals surface area contributed by atoms with Crippen LogP contribution in [0.15, 0.2) is 47.1 Å². The molecule has 2 heterocycles. The third kappa shape index (κ3) is 3.44. The van der Waals surface area contributed by atoms with Gasteiger partial charge in [0.05, 0.1) is 6.10 Å². The number of aryl methyl sites for hydroxylation is 1. The third-order valence-electron chi connectivity index (χ3n) is 3.93. The number of aromatic nitrogens is 1. The van der Waals surface area contributed by atoms with Gasteiger partial charge in [0.25, 0.3) is 0 Å². The summed E-state index contributed by atoms with van der Waals surface area (Å²) in [6.07, 6.45) is 3.12. The van der Waals surface area contributed by atoms with Gasteiger partial charge in [0, 0.05) is 29.7 Å². The SMILES string of the molecule is Cc1cc(NCC2CCOC2c2ccccc2)ncc1Br. The van der Waals surface area contributed by atoms with Crippen LogP contribution in [0.4, 0.5) is 5.82 Å². The summed E-state index contributed by atoms with van der Waals surface area (Å²) in [4.78, 5) is 4.40. The molecule has 1 N–H and O–H groups in total. The Balaban J connectivity index is 1.65. The first kappa shape index (κ1) is 14.5. The van der Waals surface area contributed by atoms with E-state index in [4.69, 9.17) is 4.74 Å². The molecule has 1 aliphatic heterocycles. The van der Waals surface area contributed by atoms with Crippen molar-refractivity contribution >= 4 is 21.7 Å². The number of hydrogen-bond donors (Lipinski definition) is 1. The van der Waals surface area contributed by atoms with Gasteiger partial charge in [-0.25, -0.2) is 4.98 Å². The van der Waals surface area contributed by atoms with E-state index in [9.17, 15) is 0 Å². The first-order chi connectivity index (χ1) is 10.2. The summed E-state index contributed by atoms with van der Waals surface area (Å²) in [6.45, 7) is 3.79. The number of rotatable bonds is 4. The monoisotopic (exact) mass is 346 g/mol. The maximum atomic E-state index is 5.91. The van der Waals surface area contributed by atoms with E-state index in [1.165, 1.54) is 11.1 Å². The zero-order chi connectivity index (χ0) is 14.7. The van der Waals surface area contributed by atoms with Crippen LogP contribution in [0, 0.1) is 12.8 Å². The van der Waals surface area contributed by atoms with E-state index in [1.807, 2.05) is 12.3 Å². The van der Waals surface area contributed by atoms with Gasteiger partial charge in [-0.2, -0.15) is 0 Å². The van der Waals surface area contributed by atoms with Crippen LogP contribution in [0.1, 0.15) is 23.7 Å². The molecule has 1 fully saturated rings. The zero-order valence-corrected chi connectivity index (χ0v) is 13.6. The fourth-order valence-corrected chi connectivity index (χ4v) is 2.94. The number of pyridine rings is 1. The first-order valence-electron chi connectivity index (χ1n) is 7.26. The van der Waals surface area contributed by atoms with Crippen LogP contribution in [-0.2, 0) is 4.74 Å². The second-order valence-electron chi connectivity index (χ2n) is 5.45. The van der Waals surface area contributed by atoms with Gasteiger partial charge < -0.3 is 10.1 Å². The minimum absolute atomic E-state index is 0.190. The van der Waals surface area contributed by atoms with Crippen LogP contribution in [0.25, 0.3) is 0 Å². The number of halogens is 1. The number of hydrogen-bond acceptors (Lipinski definition) is 3. The molecular weight excluding hydrogens is 328 g/mol. The van der Waals surface area contributed by atoms with Crippen molar-refractivity contribution in [3.8, 4) is 0 Å². The standard InChI is InChI=1S/C17H19BrN2O/c1-12-9-16(20-11-15(12)18)19-10-14-7-8-21-17(14)13-5-3-2-4-6-13/h2-6,9,11,14,17H,7-8,10H2,1H3,(H,19,20). The molecule has 0 aliphatic carbocycles. The quantitative estimate of drug-likeness (QED) is 0.893.